The van der Waals surface area contributed by atoms with Crippen LogP contribution in [0, 0.1) is 5.82 Å². The molecule has 30 heavy (non-hydrogen) atoms. The number of thioether (sulfide) groups is 1. The predicted molar refractivity (Wildman–Crippen MR) is 118 cm³/mol. The molecule has 1 aliphatic heterocycles. The van der Waals surface area contributed by atoms with Crippen LogP contribution in [0.3, 0.4) is 0 Å². The summed E-state index contributed by atoms with van der Waals surface area (Å²) in [5.41, 5.74) is 0.407. The topological polar surface area (TPSA) is 84.0 Å². The van der Waals surface area contributed by atoms with Gasteiger partial charge in [0.2, 0.25) is 0 Å². The van der Waals surface area contributed by atoms with Crippen molar-refractivity contribution in [2.75, 3.05) is 0 Å². The Labute approximate surface area is 183 Å². The molecule has 1 aromatic heterocycles. The summed E-state index contributed by atoms with van der Waals surface area (Å²) in [6.07, 6.45) is 3.95. The van der Waals surface area contributed by atoms with Gasteiger partial charge in [0.25, 0.3) is 5.91 Å². The Kier molecular flexibility index (Phi) is 5.72. The van der Waals surface area contributed by atoms with Gasteiger partial charge < -0.3 is 4.42 Å². The van der Waals surface area contributed by atoms with Gasteiger partial charge in [-0.05, 0) is 48.2 Å². The molecule has 2 heterocycles. The third-order valence-electron chi connectivity index (χ3n) is 4.03. The van der Waals surface area contributed by atoms with Gasteiger partial charge in [-0.3, -0.25) is 14.9 Å². The second kappa shape index (κ2) is 8.43. The molecule has 0 radical (unpaired) electrons. The first-order chi connectivity index (χ1) is 14.4. The third-order valence-corrected chi connectivity index (χ3v) is 5.59. The van der Waals surface area contributed by atoms with E-state index in [2.05, 4.69) is 15.5 Å². The molecule has 6 nitrogen and oxygen atoms in total. The Bertz CT molecular complexity index is 1310. The largest absolute Gasteiger partial charge is 0.463 e. The maximum absolute atomic E-state index is 13.4. The van der Waals surface area contributed by atoms with Crippen molar-refractivity contribution >= 4 is 69.3 Å². The Morgan fingerprint density at radius 1 is 1.13 bits per heavy atom. The van der Waals surface area contributed by atoms with Crippen LogP contribution in [0.25, 0.3) is 17.0 Å². The van der Waals surface area contributed by atoms with E-state index in [0.29, 0.717) is 15.6 Å². The summed E-state index contributed by atoms with van der Waals surface area (Å²) in [6.45, 7) is 0. The molecule has 150 valence electrons. The number of hydrogen-bond donors (Lipinski definition) is 1. The zero-order valence-corrected chi connectivity index (χ0v) is 17.2. The Morgan fingerprint density at radius 2 is 1.90 bits per heavy atom. The number of amides is 1. The zero-order chi connectivity index (χ0) is 21.3. The summed E-state index contributed by atoms with van der Waals surface area (Å²) in [6, 6.07) is 8.69. The van der Waals surface area contributed by atoms with Gasteiger partial charge in [-0.15, -0.1) is 5.10 Å². The molecule has 1 fully saturated rings. The van der Waals surface area contributed by atoms with Crippen LogP contribution >= 0.6 is 35.0 Å². The van der Waals surface area contributed by atoms with Crippen LogP contribution in [-0.4, -0.2) is 17.3 Å². The van der Waals surface area contributed by atoms with E-state index >= 15 is 0 Å². The lowest BCUT2D eigenvalue weighted by atomic mass is 10.1. The minimum Gasteiger partial charge on any atom is -0.463 e. The van der Waals surface area contributed by atoms with Crippen molar-refractivity contribution in [1.29, 1.82) is 0 Å². The lowest BCUT2D eigenvalue weighted by molar-refractivity contribution is -0.115. The highest BCUT2D eigenvalue weighted by Gasteiger charge is 2.24. The van der Waals surface area contributed by atoms with Gasteiger partial charge in [0.05, 0.1) is 32.1 Å². The summed E-state index contributed by atoms with van der Waals surface area (Å²) in [4.78, 5) is 25.0. The number of halogens is 3. The summed E-state index contributed by atoms with van der Waals surface area (Å²) >= 11 is 13.1. The number of carbonyl (C=O) groups excluding carboxylic acids is 1. The van der Waals surface area contributed by atoms with E-state index in [-0.39, 0.29) is 26.6 Å². The van der Waals surface area contributed by atoms with E-state index in [9.17, 15) is 14.0 Å². The lowest BCUT2D eigenvalue weighted by Crippen LogP contribution is -2.19. The van der Waals surface area contributed by atoms with E-state index < -0.39 is 17.2 Å². The number of nitrogens with one attached hydrogen (secondary N) is 1. The molecule has 1 saturated heterocycles. The van der Waals surface area contributed by atoms with Crippen LogP contribution in [0.5, 0.6) is 0 Å². The minimum absolute atomic E-state index is 0.0860. The second-order valence-corrected chi connectivity index (χ2v) is 7.86. The molecule has 1 aliphatic rings. The molecular formula is C20H10Cl2FN3O3S. The maximum atomic E-state index is 13.4. The van der Waals surface area contributed by atoms with E-state index in [1.807, 2.05) is 0 Å². The third kappa shape index (κ3) is 4.16. The van der Waals surface area contributed by atoms with E-state index in [1.165, 1.54) is 30.7 Å². The molecule has 0 saturated carbocycles. The summed E-state index contributed by atoms with van der Waals surface area (Å²) in [7, 11) is 0. The maximum Gasteiger partial charge on any atom is 0.264 e. The van der Waals surface area contributed by atoms with Crippen LogP contribution in [0.1, 0.15) is 11.1 Å². The van der Waals surface area contributed by atoms with Crippen LogP contribution < -0.4 is 10.7 Å². The van der Waals surface area contributed by atoms with Crippen molar-refractivity contribution in [2.24, 2.45) is 10.2 Å². The smallest absolute Gasteiger partial charge is 0.264 e. The monoisotopic (exact) mass is 461 g/mol. The standard InChI is InChI=1S/C20H10Cl2FN3O3S/c21-14-2-1-3-15(22)13(14)8-24-26-20-25-19(28)17(30-20)6-10-9-29-16-5-4-11(23)7-12(16)18(10)27/h1-9H,(H,25,26,28)/b17-6+,24-8+. The van der Waals surface area contributed by atoms with E-state index in [0.717, 1.165) is 17.8 Å². The molecule has 4 rings (SSSR count). The number of benzene rings is 2. The number of nitrogens with zero attached hydrogens (tertiary/aromatic N) is 2. The number of hydrogen-bond acceptors (Lipinski definition) is 6. The van der Waals surface area contributed by atoms with Gasteiger partial charge in [-0.2, -0.15) is 5.10 Å². The molecule has 0 unspecified atom stereocenters. The molecule has 0 aliphatic carbocycles. The van der Waals surface area contributed by atoms with Gasteiger partial charge in [0.1, 0.15) is 17.7 Å². The molecule has 10 heteroatoms. The molecule has 0 bridgehead atoms. The fourth-order valence-corrected chi connectivity index (χ4v) is 3.87. The van der Waals surface area contributed by atoms with Crippen molar-refractivity contribution in [2.45, 2.75) is 0 Å². The molecule has 2 aromatic carbocycles. The van der Waals surface area contributed by atoms with Gasteiger partial charge in [-0.1, -0.05) is 29.3 Å². The molecule has 1 N–H and O–H groups in total. The normalized spacial score (nSPS) is 16.8. The number of amidine groups is 1. The molecule has 0 atom stereocenters. The minimum atomic E-state index is -0.557. The first-order valence-electron chi connectivity index (χ1n) is 8.39. The molecule has 0 spiro atoms. The van der Waals surface area contributed by atoms with Gasteiger partial charge in [-0.25, -0.2) is 4.39 Å². The Morgan fingerprint density at radius 3 is 2.67 bits per heavy atom. The lowest BCUT2D eigenvalue weighted by Gasteiger charge is -1.99. The molecule has 3 aromatic rings. The summed E-state index contributed by atoms with van der Waals surface area (Å²) in [5.74, 6) is -1.01. The van der Waals surface area contributed by atoms with E-state index in [4.69, 9.17) is 27.6 Å². The number of rotatable bonds is 3. The van der Waals surface area contributed by atoms with Gasteiger partial charge in [0, 0.05) is 5.56 Å². The fourth-order valence-electron chi connectivity index (χ4n) is 2.61. The van der Waals surface area contributed by atoms with Crippen LogP contribution in [0.4, 0.5) is 4.39 Å². The second-order valence-electron chi connectivity index (χ2n) is 6.01. The highest BCUT2D eigenvalue weighted by Crippen LogP contribution is 2.26. The van der Waals surface area contributed by atoms with Crippen molar-refractivity contribution in [3.8, 4) is 0 Å². The first-order valence-corrected chi connectivity index (χ1v) is 9.96. The van der Waals surface area contributed by atoms with Crippen LogP contribution in [0.15, 0.2) is 67.0 Å². The summed E-state index contributed by atoms with van der Waals surface area (Å²) in [5, 5.41) is 11.5. The van der Waals surface area contributed by atoms with Crippen LogP contribution in [0.2, 0.25) is 10.0 Å². The number of carbonyl (C=O) groups is 1. The number of fused-ring (bicyclic) bond motifs is 1. The Hall–Kier alpha value is -2.94. The zero-order valence-electron chi connectivity index (χ0n) is 14.9. The van der Waals surface area contributed by atoms with Crippen LogP contribution in [-0.2, 0) is 4.79 Å². The average molecular weight is 462 g/mol. The summed E-state index contributed by atoms with van der Waals surface area (Å²) < 4.78 is 18.8. The van der Waals surface area contributed by atoms with Crippen molar-refractivity contribution in [1.82, 2.24) is 5.32 Å². The first kappa shape index (κ1) is 20.3. The SMILES string of the molecule is O=C1N/C(=N/N=C/c2c(Cl)cccc2Cl)S/C1=C/c1coc2ccc(F)cc2c1=O. The fraction of sp³-hybridized carbons (Fsp3) is 0. The van der Waals surface area contributed by atoms with Gasteiger partial charge >= 0.3 is 0 Å². The molecular weight excluding hydrogens is 452 g/mol. The Balaban J connectivity index is 1.59. The van der Waals surface area contributed by atoms with Gasteiger partial charge in [0.15, 0.2) is 10.6 Å². The highest BCUT2D eigenvalue weighted by molar-refractivity contribution is 8.18. The quantitative estimate of drug-likeness (QED) is 0.343. The average Bonchev–Trinajstić information content (AvgIpc) is 3.06. The van der Waals surface area contributed by atoms with Crippen molar-refractivity contribution < 1.29 is 13.6 Å². The van der Waals surface area contributed by atoms with Crippen molar-refractivity contribution in [3.05, 3.63) is 84.8 Å². The predicted octanol–water partition coefficient (Wildman–Crippen LogP) is 4.83. The highest BCUT2D eigenvalue weighted by atomic mass is 35.5. The molecule has 1 amide bonds. The van der Waals surface area contributed by atoms with Crippen molar-refractivity contribution in [3.63, 3.8) is 0 Å². The van der Waals surface area contributed by atoms with E-state index in [1.54, 1.807) is 18.2 Å².